The molecule has 0 rings (SSSR count). The maximum absolute atomic E-state index is 10.4. The third kappa shape index (κ3) is 7.21. The van der Waals surface area contributed by atoms with Crippen molar-refractivity contribution in [3.63, 3.8) is 0 Å². The summed E-state index contributed by atoms with van der Waals surface area (Å²) in [5.74, 6) is 0.169. The Morgan fingerprint density at radius 1 is 1.40 bits per heavy atom. The smallest absolute Gasteiger partial charge is 0.133 e. The van der Waals surface area contributed by atoms with E-state index in [0.717, 1.165) is 5.57 Å². The van der Waals surface area contributed by atoms with Crippen LogP contribution < -0.4 is 0 Å². The number of carbonyl (C=O) groups excluding carboxylic acids is 1. The third-order valence-corrected chi connectivity index (χ3v) is 0.891. The topological polar surface area (TPSA) is 26.3 Å². The summed E-state index contributed by atoms with van der Waals surface area (Å²) in [5, 5.41) is 0. The van der Waals surface area contributed by atoms with Gasteiger partial charge in [0.05, 0.1) is 12.9 Å². The van der Waals surface area contributed by atoms with Gasteiger partial charge in [-0.2, -0.15) is 0 Å². The van der Waals surface area contributed by atoms with Gasteiger partial charge in [-0.3, -0.25) is 4.79 Å². The number of Topliss-reactive ketones (excluding diaryl/α,β-unsaturated/α-hetero) is 1. The highest BCUT2D eigenvalue weighted by molar-refractivity contribution is 5.75. The Balaban J connectivity index is 3.21. The van der Waals surface area contributed by atoms with Gasteiger partial charge in [-0.25, -0.2) is 0 Å². The van der Waals surface area contributed by atoms with Gasteiger partial charge in [-0.1, -0.05) is 0 Å². The molecule has 0 radical (unpaired) electrons. The van der Waals surface area contributed by atoms with E-state index in [1.807, 2.05) is 13.8 Å². The van der Waals surface area contributed by atoms with Crippen LogP contribution in [0.5, 0.6) is 0 Å². The first-order valence-electron chi connectivity index (χ1n) is 3.37. The van der Waals surface area contributed by atoms with Gasteiger partial charge in [0.2, 0.25) is 0 Å². The molecule has 0 atom stereocenters. The number of ether oxygens (including phenoxy) is 1. The molecule has 0 saturated heterocycles. The summed E-state index contributed by atoms with van der Waals surface area (Å²) in [6.07, 6.45) is 2.17. The van der Waals surface area contributed by atoms with Gasteiger partial charge in [-0.05, 0) is 26.3 Å². The largest absolute Gasteiger partial charge is 0.501 e. The maximum atomic E-state index is 10.4. The van der Waals surface area contributed by atoms with Crippen molar-refractivity contribution in [2.45, 2.75) is 27.2 Å². The first-order chi connectivity index (χ1) is 4.63. The van der Waals surface area contributed by atoms with Crippen molar-refractivity contribution in [2.75, 3.05) is 6.61 Å². The maximum Gasteiger partial charge on any atom is 0.133 e. The van der Waals surface area contributed by atoms with Crippen LogP contribution in [-0.2, 0) is 9.53 Å². The minimum Gasteiger partial charge on any atom is -0.501 e. The first-order valence-corrected chi connectivity index (χ1v) is 3.37. The average Bonchev–Trinajstić information content (AvgIpc) is 1.79. The molecular formula is C8H14O2. The monoisotopic (exact) mass is 142 g/mol. The minimum atomic E-state index is 0.169. The molecule has 0 unspecified atom stereocenters. The Bertz CT molecular complexity index is 132. The fourth-order valence-corrected chi connectivity index (χ4v) is 0.428. The average molecular weight is 142 g/mol. The molecule has 0 aromatic heterocycles. The zero-order valence-corrected chi connectivity index (χ0v) is 6.81. The molecule has 0 aromatic rings. The highest BCUT2D eigenvalue weighted by Crippen LogP contribution is 1.91. The second-order valence-electron chi connectivity index (χ2n) is 2.52. The number of hydrogen-bond acceptors (Lipinski definition) is 2. The number of rotatable bonds is 4. The molecule has 0 aromatic carbocycles. The van der Waals surface area contributed by atoms with Crippen molar-refractivity contribution in [3.8, 4) is 0 Å². The summed E-state index contributed by atoms with van der Waals surface area (Å²) in [5.41, 5.74) is 1.11. The van der Waals surface area contributed by atoms with Crippen molar-refractivity contribution in [2.24, 2.45) is 0 Å². The fraction of sp³-hybridized carbons (Fsp3) is 0.625. The quantitative estimate of drug-likeness (QED) is 0.442. The van der Waals surface area contributed by atoms with E-state index >= 15 is 0 Å². The normalized spacial score (nSPS) is 8.70. The number of carbonyl (C=O) groups is 1. The van der Waals surface area contributed by atoms with Gasteiger partial charge < -0.3 is 4.74 Å². The summed E-state index contributed by atoms with van der Waals surface area (Å²) < 4.78 is 5.02. The lowest BCUT2D eigenvalue weighted by atomic mass is 10.3. The van der Waals surface area contributed by atoms with Gasteiger partial charge in [-0.15, -0.1) is 0 Å². The van der Waals surface area contributed by atoms with Crippen LogP contribution in [0.3, 0.4) is 0 Å². The molecule has 0 amide bonds. The van der Waals surface area contributed by atoms with Crippen molar-refractivity contribution in [1.82, 2.24) is 0 Å². The first kappa shape index (κ1) is 9.21. The van der Waals surface area contributed by atoms with E-state index in [0.29, 0.717) is 13.0 Å². The molecule has 0 aliphatic heterocycles. The SMILES string of the molecule is CC(=O)CCOC=C(C)C. The molecule has 10 heavy (non-hydrogen) atoms. The van der Waals surface area contributed by atoms with Crippen LogP contribution in [0, 0.1) is 0 Å². The van der Waals surface area contributed by atoms with Crippen LogP contribution in [0.4, 0.5) is 0 Å². The second kappa shape index (κ2) is 5.03. The number of allylic oxidation sites excluding steroid dienone is 1. The van der Waals surface area contributed by atoms with Crippen LogP contribution in [0.25, 0.3) is 0 Å². The molecule has 0 spiro atoms. The van der Waals surface area contributed by atoms with E-state index < -0.39 is 0 Å². The Morgan fingerprint density at radius 2 is 2.00 bits per heavy atom. The van der Waals surface area contributed by atoms with Gasteiger partial charge in [0.1, 0.15) is 5.78 Å². The molecule has 0 heterocycles. The minimum absolute atomic E-state index is 0.169. The van der Waals surface area contributed by atoms with E-state index in [9.17, 15) is 4.79 Å². The van der Waals surface area contributed by atoms with E-state index in [2.05, 4.69) is 0 Å². The number of hydrogen-bond donors (Lipinski definition) is 0. The van der Waals surface area contributed by atoms with E-state index in [1.54, 1.807) is 13.2 Å². The molecular weight excluding hydrogens is 128 g/mol. The van der Waals surface area contributed by atoms with Crippen molar-refractivity contribution < 1.29 is 9.53 Å². The van der Waals surface area contributed by atoms with E-state index in [-0.39, 0.29) is 5.78 Å². The molecule has 0 bridgehead atoms. The Hall–Kier alpha value is -0.790. The molecule has 0 saturated carbocycles. The Labute approximate surface area is 61.9 Å². The van der Waals surface area contributed by atoms with Gasteiger partial charge in [0.15, 0.2) is 0 Å². The lowest BCUT2D eigenvalue weighted by Crippen LogP contribution is -1.96. The van der Waals surface area contributed by atoms with Crippen LogP contribution in [0.1, 0.15) is 27.2 Å². The molecule has 0 aliphatic carbocycles. The summed E-state index contributed by atoms with van der Waals surface area (Å²) in [7, 11) is 0. The lowest BCUT2D eigenvalue weighted by molar-refractivity contribution is -0.117. The molecule has 0 N–H and O–H groups in total. The van der Waals surface area contributed by atoms with Crippen molar-refractivity contribution in [3.05, 3.63) is 11.8 Å². The van der Waals surface area contributed by atoms with Crippen LogP contribution in [-0.4, -0.2) is 12.4 Å². The highest BCUT2D eigenvalue weighted by atomic mass is 16.5. The number of ketones is 1. The highest BCUT2D eigenvalue weighted by Gasteiger charge is 1.90. The van der Waals surface area contributed by atoms with Crippen LogP contribution in [0.15, 0.2) is 11.8 Å². The molecule has 2 heteroatoms. The molecule has 0 fully saturated rings. The van der Waals surface area contributed by atoms with Gasteiger partial charge in [0.25, 0.3) is 0 Å². The van der Waals surface area contributed by atoms with Crippen molar-refractivity contribution in [1.29, 1.82) is 0 Å². The second-order valence-corrected chi connectivity index (χ2v) is 2.52. The Kier molecular flexibility index (Phi) is 4.63. The third-order valence-electron chi connectivity index (χ3n) is 0.891. The summed E-state index contributed by atoms with van der Waals surface area (Å²) in [6.45, 7) is 5.97. The fourth-order valence-electron chi connectivity index (χ4n) is 0.428. The van der Waals surface area contributed by atoms with Gasteiger partial charge >= 0.3 is 0 Å². The zero-order chi connectivity index (χ0) is 7.98. The summed E-state index contributed by atoms with van der Waals surface area (Å²) in [4.78, 5) is 10.4. The Morgan fingerprint density at radius 3 is 2.40 bits per heavy atom. The van der Waals surface area contributed by atoms with Gasteiger partial charge in [0, 0.05) is 6.42 Å². The predicted octanol–water partition coefficient (Wildman–Crippen LogP) is 1.91. The summed E-state index contributed by atoms with van der Waals surface area (Å²) in [6, 6.07) is 0. The standard InChI is InChI=1S/C8H14O2/c1-7(2)6-10-5-4-8(3)9/h6H,4-5H2,1-3H3. The van der Waals surface area contributed by atoms with Crippen LogP contribution in [0.2, 0.25) is 0 Å². The molecule has 0 aliphatic rings. The summed E-state index contributed by atoms with van der Waals surface area (Å²) >= 11 is 0. The zero-order valence-electron chi connectivity index (χ0n) is 6.81. The lowest BCUT2D eigenvalue weighted by Gasteiger charge is -1.97. The molecule has 58 valence electrons. The van der Waals surface area contributed by atoms with Crippen LogP contribution >= 0.6 is 0 Å². The predicted molar refractivity (Wildman–Crippen MR) is 40.7 cm³/mol. The molecule has 2 nitrogen and oxygen atoms in total. The van der Waals surface area contributed by atoms with Crippen molar-refractivity contribution >= 4 is 5.78 Å². The van der Waals surface area contributed by atoms with E-state index in [1.165, 1.54) is 0 Å². The van der Waals surface area contributed by atoms with E-state index in [4.69, 9.17) is 4.74 Å².